The zero-order chi connectivity index (χ0) is 29.7. The molecule has 1 fully saturated rings. The Kier molecular flexibility index (Phi) is 9.46. The molecule has 1 heterocycles. The van der Waals surface area contributed by atoms with E-state index >= 15 is 4.39 Å². The van der Waals surface area contributed by atoms with Gasteiger partial charge in [-0.1, -0.05) is 50.2 Å². The molecular formula is C34H43FN2O4. The van der Waals surface area contributed by atoms with Gasteiger partial charge in [-0.15, -0.1) is 0 Å². The fourth-order valence-corrected chi connectivity index (χ4v) is 5.93. The van der Waals surface area contributed by atoms with Gasteiger partial charge < -0.3 is 24.4 Å². The number of rotatable bonds is 4. The fourth-order valence-electron chi connectivity index (χ4n) is 5.93. The number of methoxy groups -OCH3 is 1. The Bertz CT molecular complexity index is 1330. The van der Waals surface area contributed by atoms with E-state index in [1.165, 1.54) is 5.56 Å². The smallest absolute Gasteiger partial charge is 0.410 e. The lowest BCUT2D eigenvalue weighted by Gasteiger charge is -2.38. The van der Waals surface area contributed by atoms with Gasteiger partial charge in [0.25, 0.3) is 0 Å². The molecule has 0 aromatic heterocycles. The van der Waals surface area contributed by atoms with Crippen LogP contribution in [0.15, 0.2) is 60.7 Å². The van der Waals surface area contributed by atoms with E-state index in [0.717, 1.165) is 29.5 Å². The van der Waals surface area contributed by atoms with E-state index < -0.39 is 5.60 Å². The third-order valence-electron chi connectivity index (χ3n) is 7.72. The van der Waals surface area contributed by atoms with Crippen LogP contribution in [-0.2, 0) is 11.2 Å². The number of hydrogen-bond donors (Lipinski definition) is 1. The van der Waals surface area contributed by atoms with Crippen molar-refractivity contribution in [3.05, 3.63) is 88.7 Å². The van der Waals surface area contributed by atoms with Crippen molar-refractivity contribution in [1.29, 1.82) is 0 Å². The average molecular weight is 563 g/mol. The van der Waals surface area contributed by atoms with Crippen molar-refractivity contribution in [3.63, 3.8) is 0 Å². The SMILES string of the molecule is CC.COc1cc(N2CCN(C(=O)OC(C)(C)C)CC2)c(F)cc1C1c2ccc(O)cc2CCC1c1ccccc1. The van der Waals surface area contributed by atoms with Crippen LogP contribution in [0.3, 0.4) is 0 Å². The maximum absolute atomic E-state index is 15.9. The van der Waals surface area contributed by atoms with E-state index in [1.54, 1.807) is 30.2 Å². The van der Waals surface area contributed by atoms with E-state index in [0.29, 0.717) is 37.6 Å². The number of anilines is 1. The van der Waals surface area contributed by atoms with Crippen LogP contribution in [0.25, 0.3) is 0 Å². The van der Waals surface area contributed by atoms with Gasteiger partial charge in [-0.2, -0.15) is 0 Å². The molecular weight excluding hydrogens is 519 g/mol. The molecule has 1 aliphatic carbocycles. The van der Waals surface area contributed by atoms with Crippen molar-refractivity contribution in [3.8, 4) is 11.5 Å². The molecule has 0 radical (unpaired) electrons. The van der Waals surface area contributed by atoms with Gasteiger partial charge in [-0.05, 0) is 74.4 Å². The van der Waals surface area contributed by atoms with Crippen LogP contribution < -0.4 is 9.64 Å². The number of carbonyl (C=O) groups is 1. The molecule has 0 spiro atoms. The number of amides is 1. The van der Waals surface area contributed by atoms with Crippen molar-refractivity contribution < 1.29 is 23.8 Å². The largest absolute Gasteiger partial charge is 0.508 e. The number of phenolic OH excluding ortho intramolecular Hbond substituents is 1. The van der Waals surface area contributed by atoms with Crippen LogP contribution >= 0.6 is 0 Å². The summed E-state index contributed by atoms with van der Waals surface area (Å²) in [6.07, 6.45) is 1.37. The molecule has 3 aromatic carbocycles. The summed E-state index contributed by atoms with van der Waals surface area (Å²) in [5, 5.41) is 10.1. The number of aryl methyl sites for hydroxylation is 1. The third kappa shape index (κ3) is 6.77. The molecule has 0 saturated carbocycles. The summed E-state index contributed by atoms with van der Waals surface area (Å²) in [4.78, 5) is 16.1. The third-order valence-corrected chi connectivity index (χ3v) is 7.72. The second kappa shape index (κ2) is 12.8. The molecule has 1 saturated heterocycles. The van der Waals surface area contributed by atoms with E-state index in [-0.39, 0.29) is 29.5 Å². The molecule has 41 heavy (non-hydrogen) atoms. The highest BCUT2D eigenvalue weighted by atomic mass is 19.1. The lowest BCUT2D eigenvalue weighted by molar-refractivity contribution is 0.0240. The number of fused-ring (bicyclic) bond motifs is 1. The molecule has 1 N–H and O–H groups in total. The van der Waals surface area contributed by atoms with Gasteiger partial charge in [-0.25, -0.2) is 9.18 Å². The number of piperazine rings is 1. The molecule has 2 atom stereocenters. The van der Waals surface area contributed by atoms with E-state index in [1.807, 2.05) is 69.9 Å². The second-order valence-corrected chi connectivity index (χ2v) is 11.4. The van der Waals surface area contributed by atoms with Gasteiger partial charge in [0.2, 0.25) is 0 Å². The minimum absolute atomic E-state index is 0.126. The van der Waals surface area contributed by atoms with Crippen molar-refractivity contribution >= 4 is 11.8 Å². The first-order valence-electron chi connectivity index (χ1n) is 14.6. The number of nitrogens with zero attached hydrogens (tertiary/aromatic N) is 2. The van der Waals surface area contributed by atoms with Crippen molar-refractivity contribution in [1.82, 2.24) is 4.90 Å². The van der Waals surface area contributed by atoms with Gasteiger partial charge in [0.1, 0.15) is 22.9 Å². The number of phenols is 1. The summed E-state index contributed by atoms with van der Waals surface area (Å²) in [6, 6.07) is 19.3. The Hall–Kier alpha value is -3.74. The van der Waals surface area contributed by atoms with E-state index in [2.05, 4.69) is 12.1 Å². The van der Waals surface area contributed by atoms with Crippen LogP contribution in [0.2, 0.25) is 0 Å². The second-order valence-electron chi connectivity index (χ2n) is 11.4. The highest BCUT2D eigenvalue weighted by Gasteiger charge is 2.35. The lowest BCUT2D eigenvalue weighted by Crippen LogP contribution is -2.50. The molecule has 2 unspecified atom stereocenters. The summed E-state index contributed by atoms with van der Waals surface area (Å²) >= 11 is 0. The van der Waals surface area contributed by atoms with E-state index in [4.69, 9.17) is 9.47 Å². The van der Waals surface area contributed by atoms with Gasteiger partial charge in [0, 0.05) is 43.7 Å². The average Bonchev–Trinajstić information content (AvgIpc) is 2.97. The van der Waals surface area contributed by atoms with Crippen LogP contribution in [0.4, 0.5) is 14.9 Å². The first kappa shape index (κ1) is 30.2. The predicted molar refractivity (Wildman–Crippen MR) is 162 cm³/mol. The summed E-state index contributed by atoms with van der Waals surface area (Å²) in [5.74, 6) is 0.575. The van der Waals surface area contributed by atoms with Crippen molar-refractivity contribution in [2.75, 3.05) is 38.2 Å². The maximum atomic E-state index is 15.9. The van der Waals surface area contributed by atoms with Crippen molar-refractivity contribution in [2.24, 2.45) is 0 Å². The summed E-state index contributed by atoms with van der Waals surface area (Å²) in [7, 11) is 1.62. The number of carbonyl (C=O) groups excluding carboxylic acids is 1. The summed E-state index contributed by atoms with van der Waals surface area (Å²) < 4.78 is 27.3. The zero-order valence-corrected chi connectivity index (χ0v) is 25.1. The van der Waals surface area contributed by atoms with Crippen LogP contribution in [0, 0.1) is 5.82 Å². The van der Waals surface area contributed by atoms with Gasteiger partial charge in [-0.3, -0.25) is 0 Å². The topological polar surface area (TPSA) is 62.2 Å². The molecule has 220 valence electrons. The zero-order valence-electron chi connectivity index (χ0n) is 25.1. The molecule has 5 rings (SSSR count). The monoisotopic (exact) mass is 562 g/mol. The molecule has 0 bridgehead atoms. The molecule has 3 aromatic rings. The quantitative estimate of drug-likeness (QED) is 0.357. The highest BCUT2D eigenvalue weighted by Crippen LogP contribution is 2.50. The Morgan fingerprint density at radius 1 is 0.951 bits per heavy atom. The molecule has 1 amide bonds. The first-order chi connectivity index (χ1) is 19.6. The molecule has 7 heteroatoms. The number of halogens is 1. The molecule has 1 aliphatic heterocycles. The Morgan fingerprint density at radius 3 is 2.27 bits per heavy atom. The Morgan fingerprint density at radius 2 is 1.63 bits per heavy atom. The van der Waals surface area contributed by atoms with Crippen LogP contribution in [0.5, 0.6) is 11.5 Å². The lowest BCUT2D eigenvalue weighted by atomic mass is 9.69. The van der Waals surface area contributed by atoms with E-state index in [9.17, 15) is 9.90 Å². The number of hydrogen-bond acceptors (Lipinski definition) is 5. The summed E-state index contributed by atoms with van der Waals surface area (Å²) in [6.45, 7) is 11.4. The Balaban J connectivity index is 0.00000189. The number of aromatic hydroxyl groups is 1. The normalized spacial score (nSPS) is 18.6. The fraction of sp³-hybridized carbons (Fsp3) is 0.441. The minimum Gasteiger partial charge on any atom is -0.508 e. The van der Waals surface area contributed by atoms with Gasteiger partial charge in [0.15, 0.2) is 0 Å². The summed E-state index contributed by atoms with van der Waals surface area (Å²) in [5.41, 5.74) is 4.08. The van der Waals surface area contributed by atoms with Crippen LogP contribution in [0.1, 0.15) is 75.1 Å². The van der Waals surface area contributed by atoms with Gasteiger partial charge >= 0.3 is 6.09 Å². The molecule has 6 nitrogen and oxygen atoms in total. The molecule has 2 aliphatic rings. The highest BCUT2D eigenvalue weighted by molar-refractivity contribution is 5.69. The minimum atomic E-state index is -0.558. The first-order valence-corrected chi connectivity index (χ1v) is 14.6. The van der Waals surface area contributed by atoms with Gasteiger partial charge in [0.05, 0.1) is 12.8 Å². The standard InChI is InChI=1S/C32H37FN2O4.C2H6/c1-32(2,3)39-31(37)35-16-14-34(15-17-35)28-20-29(38-4)26(19-27(28)33)30-24(21-8-6-5-7-9-21)12-10-22-18-23(36)11-13-25(22)30;1-2/h5-9,11,13,18-20,24,30,36H,10,12,14-17H2,1-4H3;1-2H3. The predicted octanol–water partition coefficient (Wildman–Crippen LogP) is 7.49. The Labute approximate surface area is 243 Å². The number of benzene rings is 3. The number of ether oxygens (including phenoxy) is 2. The van der Waals surface area contributed by atoms with Crippen LogP contribution in [-0.4, -0.2) is 55.0 Å². The van der Waals surface area contributed by atoms with Crippen molar-refractivity contribution in [2.45, 2.75) is 64.9 Å². The maximum Gasteiger partial charge on any atom is 0.410 e.